The van der Waals surface area contributed by atoms with Crippen LogP contribution in [0.2, 0.25) is 0 Å². The quantitative estimate of drug-likeness (QED) is 0.639. The fourth-order valence-corrected chi connectivity index (χ4v) is 5.08. The van der Waals surface area contributed by atoms with Crippen molar-refractivity contribution >= 4 is 23.4 Å². The van der Waals surface area contributed by atoms with E-state index in [-0.39, 0.29) is 48.3 Å². The molecule has 3 amide bonds. The number of methoxy groups -OCH3 is 1. The fourth-order valence-electron chi connectivity index (χ4n) is 5.08. The highest BCUT2D eigenvalue weighted by molar-refractivity contribution is 5.99. The van der Waals surface area contributed by atoms with Gasteiger partial charge in [-0.3, -0.25) is 14.4 Å². The van der Waals surface area contributed by atoms with Gasteiger partial charge in [0.2, 0.25) is 5.91 Å². The number of hydrogen-bond acceptors (Lipinski definition) is 6. The normalized spacial score (nSPS) is 23.2. The SMILES string of the molecule is CO[C@@H]1CN(C)C(=O)c2ccc(NC(=O)C3CCOCC3)cc2OC[C@H](C)N(C(=O)c2ccccc2)C[C@H]1C. The Morgan fingerprint density at radius 3 is 2.44 bits per heavy atom. The topological polar surface area (TPSA) is 97.4 Å². The van der Waals surface area contributed by atoms with Gasteiger partial charge < -0.3 is 29.3 Å². The predicted molar refractivity (Wildman–Crippen MR) is 148 cm³/mol. The number of ether oxygens (including phenoxy) is 3. The van der Waals surface area contributed by atoms with E-state index in [0.29, 0.717) is 61.7 Å². The van der Waals surface area contributed by atoms with Gasteiger partial charge in [0, 0.05) is 69.6 Å². The van der Waals surface area contributed by atoms with Crippen LogP contribution >= 0.6 is 0 Å². The van der Waals surface area contributed by atoms with Crippen LogP contribution in [0.1, 0.15) is 47.4 Å². The molecule has 9 heteroatoms. The molecule has 0 bridgehead atoms. The molecule has 0 saturated carbocycles. The molecule has 2 aromatic carbocycles. The molecule has 0 spiro atoms. The van der Waals surface area contributed by atoms with Crippen molar-refractivity contribution in [3.05, 3.63) is 59.7 Å². The van der Waals surface area contributed by atoms with Crippen LogP contribution in [0.3, 0.4) is 0 Å². The molecule has 0 radical (unpaired) electrons. The van der Waals surface area contributed by atoms with Crippen LogP contribution in [-0.2, 0) is 14.3 Å². The molecular formula is C30H39N3O6. The zero-order chi connectivity index (χ0) is 27.9. The number of likely N-dealkylation sites (N-methyl/N-ethyl adjacent to an activating group) is 1. The number of hydrogen-bond donors (Lipinski definition) is 1. The molecule has 0 unspecified atom stereocenters. The predicted octanol–water partition coefficient (Wildman–Crippen LogP) is 3.70. The Labute approximate surface area is 230 Å². The second-order valence-electron chi connectivity index (χ2n) is 10.5. The fraction of sp³-hybridized carbons (Fsp3) is 0.500. The van der Waals surface area contributed by atoms with E-state index in [9.17, 15) is 14.4 Å². The Hall–Kier alpha value is -3.43. The summed E-state index contributed by atoms with van der Waals surface area (Å²) >= 11 is 0. The Bertz CT molecular complexity index is 1150. The summed E-state index contributed by atoms with van der Waals surface area (Å²) in [6.45, 7) is 6.06. The molecule has 210 valence electrons. The lowest BCUT2D eigenvalue weighted by Gasteiger charge is -2.36. The summed E-state index contributed by atoms with van der Waals surface area (Å²) in [4.78, 5) is 43.3. The Morgan fingerprint density at radius 2 is 1.74 bits per heavy atom. The molecule has 0 aromatic heterocycles. The average molecular weight is 538 g/mol. The number of fused-ring (bicyclic) bond motifs is 1. The van der Waals surface area contributed by atoms with Gasteiger partial charge in [0.15, 0.2) is 0 Å². The maximum atomic E-state index is 13.6. The van der Waals surface area contributed by atoms with E-state index in [4.69, 9.17) is 14.2 Å². The first-order valence-corrected chi connectivity index (χ1v) is 13.6. The van der Waals surface area contributed by atoms with Gasteiger partial charge in [-0.15, -0.1) is 0 Å². The average Bonchev–Trinajstić information content (AvgIpc) is 2.97. The van der Waals surface area contributed by atoms with Gasteiger partial charge in [0.25, 0.3) is 11.8 Å². The molecule has 1 fully saturated rings. The second-order valence-corrected chi connectivity index (χ2v) is 10.5. The number of carbonyl (C=O) groups excluding carboxylic acids is 3. The minimum Gasteiger partial charge on any atom is -0.491 e. The second kappa shape index (κ2) is 13.1. The van der Waals surface area contributed by atoms with E-state index < -0.39 is 0 Å². The highest BCUT2D eigenvalue weighted by Gasteiger charge is 2.31. The number of benzene rings is 2. The molecule has 2 aromatic rings. The molecule has 1 saturated heterocycles. The van der Waals surface area contributed by atoms with E-state index in [1.165, 1.54) is 0 Å². The number of nitrogens with zero attached hydrogens (tertiary/aromatic N) is 2. The summed E-state index contributed by atoms with van der Waals surface area (Å²) in [5.74, 6) is -0.154. The minimum atomic E-state index is -0.293. The lowest BCUT2D eigenvalue weighted by atomic mass is 9.99. The molecule has 4 rings (SSSR count). The maximum Gasteiger partial charge on any atom is 0.257 e. The van der Waals surface area contributed by atoms with Gasteiger partial charge in [0.05, 0.1) is 17.7 Å². The molecule has 2 aliphatic rings. The van der Waals surface area contributed by atoms with Crippen molar-refractivity contribution in [2.24, 2.45) is 11.8 Å². The van der Waals surface area contributed by atoms with Crippen LogP contribution in [-0.4, -0.2) is 86.7 Å². The monoisotopic (exact) mass is 537 g/mol. The van der Waals surface area contributed by atoms with E-state index in [1.807, 2.05) is 36.9 Å². The Kier molecular flexibility index (Phi) is 9.59. The maximum absolute atomic E-state index is 13.6. The highest BCUT2D eigenvalue weighted by atomic mass is 16.5. The first-order valence-electron chi connectivity index (χ1n) is 13.6. The number of carbonyl (C=O) groups is 3. The van der Waals surface area contributed by atoms with Crippen LogP contribution in [0.15, 0.2) is 48.5 Å². The van der Waals surface area contributed by atoms with Gasteiger partial charge in [0.1, 0.15) is 12.4 Å². The molecule has 1 N–H and O–H groups in total. The van der Waals surface area contributed by atoms with Crippen LogP contribution in [0.5, 0.6) is 5.75 Å². The Balaban J connectivity index is 1.63. The molecular weight excluding hydrogens is 498 g/mol. The van der Waals surface area contributed by atoms with E-state index >= 15 is 0 Å². The standard InChI is InChI=1S/C30H39N3O6/c1-20-17-33(29(35)23-8-6-5-7-9-23)21(2)19-39-26-16-24(31-28(34)22-12-14-38-15-13-22)10-11-25(26)30(36)32(3)18-27(20)37-4/h5-11,16,20-22,27H,12-15,17-19H2,1-4H3,(H,31,34)/t20-,21+,27-/m1/s1. The van der Waals surface area contributed by atoms with Crippen molar-refractivity contribution in [1.29, 1.82) is 0 Å². The van der Waals surface area contributed by atoms with E-state index in [0.717, 1.165) is 0 Å². The van der Waals surface area contributed by atoms with Crippen molar-refractivity contribution in [3.63, 3.8) is 0 Å². The third kappa shape index (κ3) is 6.96. The van der Waals surface area contributed by atoms with Gasteiger partial charge in [-0.1, -0.05) is 25.1 Å². The van der Waals surface area contributed by atoms with Gasteiger partial charge in [-0.2, -0.15) is 0 Å². The summed E-state index contributed by atoms with van der Waals surface area (Å²) < 4.78 is 17.4. The molecule has 2 aliphatic heterocycles. The third-order valence-electron chi connectivity index (χ3n) is 7.59. The molecule has 0 aliphatic carbocycles. The largest absolute Gasteiger partial charge is 0.491 e. The van der Waals surface area contributed by atoms with Crippen LogP contribution in [0, 0.1) is 11.8 Å². The van der Waals surface area contributed by atoms with Crippen molar-refractivity contribution < 1.29 is 28.6 Å². The minimum absolute atomic E-state index is 0.0398. The van der Waals surface area contributed by atoms with Gasteiger partial charge >= 0.3 is 0 Å². The smallest absolute Gasteiger partial charge is 0.257 e. The summed E-state index contributed by atoms with van der Waals surface area (Å²) in [5, 5.41) is 2.97. The number of rotatable bonds is 4. The van der Waals surface area contributed by atoms with Crippen LogP contribution in [0.4, 0.5) is 5.69 Å². The van der Waals surface area contributed by atoms with Crippen molar-refractivity contribution in [2.45, 2.75) is 38.8 Å². The highest BCUT2D eigenvalue weighted by Crippen LogP contribution is 2.28. The van der Waals surface area contributed by atoms with Gasteiger partial charge in [-0.05, 0) is 44.0 Å². The van der Waals surface area contributed by atoms with Crippen molar-refractivity contribution in [1.82, 2.24) is 9.80 Å². The summed E-state index contributed by atoms with van der Waals surface area (Å²) in [7, 11) is 3.36. The number of nitrogens with one attached hydrogen (secondary N) is 1. The summed E-state index contributed by atoms with van der Waals surface area (Å²) in [6.07, 6.45) is 1.08. The molecule has 3 atom stereocenters. The van der Waals surface area contributed by atoms with Crippen LogP contribution in [0.25, 0.3) is 0 Å². The summed E-state index contributed by atoms with van der Waals surface area (Å²) in [6, 6.07) is 14.0. The van der Waals surface area contributed by atoms with Gasteiger partial charge in [-0.25, -0.2) is 0 Å². The zero-order valence-corrected chi connectivity index (χ0v) is 23.2. The molecule has 2 heterocycles. The summed E-state index contributed by atoms with van der Waals surface area (Å²) in [5.41, 5.74) is 1.54. The first-order chi connectivity index (χ1) is 18.8. The lowest BCUT2D eigenvalue weighted by Crippen LogP contribution is -2.48. The lowest BCUT2D eigenvalue weighted by molar-refractivity contribution is -0.122. The number of amides is 3. The third-order valence-corrected chi connectivity index (χ3v) is 7.59. The molecule has 39 heavy (non-hydrogen) atoms. The van der Waals surface area contributed by atoms with Crippen LogP contribution < -0.4 is 10.1 Å². The first kappa shape index (κ1) is 28.6. The number of anilines is 1. The molecule has 9 nitrogen and oxygen atoms in total. The van der Waals surface area contributed by atoms with Crippen molar-refractivity contribution in [2.75, 3.05) is 52.4 Å². The van der Waals surface area contributed by atoms with E-state index in [1.54, 1.807) is 49.4 Å². The Morgan fingerprint density at radius 1 is 1.03 bits per heavy atom. The zero-order valence-electron chi connectivity index (χ0n) is 23.2. The van der Waals surface area contributed by atoms with E-state index in [2.05, 4.69) is 5.32 Å². The van der Waals surface area contributed by atoms with Crippen molar-refractivity contribution in [3.8, 4) is 5.75 Å².